The molecule has 4 rings (SSSR count). The van der Waals surface area contributed by atoms with Gasteiger partial charge in [-0.05, 0) is 71.8 Å². The fraction of sp³-hybridized carbons (Fsp3) is 0.400. The summed E-state index contributed by atoms with van der Waals surface area (Å²) >= 11 is 1.61. The van der Waals surface area contributed by atoms with Gasteiger partial charge in [-0.15, -0.1) is 12.4 Å². The monoisotopic (exact) mass is 634 g/mol. The first-order valence-corrected chi connectivity index (χ1v) is 16.1. The van der Waals surface area contributed by atoms with Crippen molar-refractivity contribution in [3.63, 3.8) is 0 Å². The zero-order valence-corrected chi connectivity index (χ0v) is 26.2. The number of benzene rings is 2. The number of carbonyl (C=O) groups is 2. The molecule has 228 valence electrons. The molecule has 3 aromatic rings. The Morgan fingerprint density at radius 2 is 1.69 bits per heavy atom. The van der Waals surface area contributed by atoms with Crippen molar-refractivity contribution in [2.75, 3.05) is 39.8 Å². The Labute approximate surface area is 258 Å². The minimum absolute atomic E-state index is 0. The number of hydrogen-bond donors (Lipinski definition) is 1. The molecule has 12 heteroatoms. The molecular weight excluding hydrogens is 596 g/mol. The molecule has 1 aliphatic rings. The van der Waals surface area contributed by atoms with E-state index in [-0.39, 0.29) is 42.4 Å². The zero-order chi connectivity index (χ0) is 29.2. The van der Waals surface area contributed by atoms with E-state index in [1.807, 2.05) is 35.7 Å². The first-order chi connectivity index (χ1) is 19.7. The Kier molecular flexibility index (Phi) is 12.8. The van der Waals surface area contributed by atoms with Crippen molar-refractivity contribution in [3.05, 3.63) is 88.6 Å². The SMILES string of the molecule is CN(CC(CCN1CCC(N(CC(N)=O)C(=O)OCc2ccccc2)CC1)c1ccsc1)S(=O)(=O)c1ccccc1.Cl. The summed E-state index contributed by atoms with van der Waals surface area (Å²) in [5, 5.41) is 4.10. The number of ether oxygens (including phenoxy) is 1. The minimum atomic E-state index is -3.59. The molecule has 1 aromatic heterocycles. The van der Waals surface area contributed by atoms with Gasteiger partial charge in [-0.3, -0.25) is 9.69 Å². The number of thiophene rings is 1. The number of likely N-dealkylation sites (N-methyl/N-ethyl adjacent to an activating group) is 1. The molecule has 1 unspecified atom stereocenters. The van der Waals surface area contributed by atoms with Gasteiger partial charge < -0.3 is 15.4 Å². The van der Waals surface area contributed by atoms with Crippen molar-refractivity contribution < 1.29 is 22.7 Å². The van der Waals surface area contributed by atoms with E-state index in [0.717, 1.165) is 37.2 Å². The van der Waals surface area contributed by atoms with Crippen LogP contribution < -0.4 is 5.73 Å². The number of nitrogens with two attached hydrogens (primary N) is 1. The maximum absolute atomic E-state index is 13.1. The van der Waals surface area contributed by atoms with Gasteiger partial charge in [-0.2, -0.15) is 11.3 Å². The number of hydrogen-bond acceptors (Lipinski definition) is 7. The number of carbonyl (C=O) groups excluding carboxylic acids is 2. The number of piperidine rings is 1. The highest BCUT2D eigenvalue weighted by Gasteiger charge is 2.31. The summed E-state index contributed by atoms with van der Waals surface area (Å²) in [4.78, 5) is 28.7. The number of likely N-dealkylation sites (tertiary alicyclic amines) is 1. The number of primary amides is 1. The number of nitrogens with zero attached hydrogens (tertiary/aromatic N) is 3. The van der Waals surface area contributed by atoms with E-state index in [1.165, 1.54) is 9.21 Å². The molecule has 0 aliphatic carbocycles. The van der Waals surface area contributed by atoms with Crippen LogP contribution in [0.1, 0.15) is 36.3 Å². The molecule has 2 amide bonds. The zero-order valence-electron chi connectivity index (χ0n) is 23.7. The van der Waals surface area contributed by atoms with Crippen LogP contribution in [0.3, 0.4) is 0 Å². The first-order valence-electron chi connectivity index (χ1n) is 13.8. The topological polar surface area (TPSA) is 113 Å². The second-order valence-electron chi connectivity index (χ2n) is 10.3. The average Bonchev–Trinajstić information content (AvgIpc) is 3.53. The molecule has 0 bridgehead atoms. The fourth-order valence-electron chi connectivity index (χ4n) is 5.16. The lowest BCUT2D eigenvalue weighted by Gasteiger charge is -2.38. The fourth-order valence-corrected chi connectivity index (χ4v) is 7.14. The van der Waals surface area contributed by atoms with E-state index in [4.69, 9.17) is 10.5 Å². The van der Waals surface area contributed by atoms with Crippen molar-refractivity contribution in [3.8, 4) is 0 Å². The van der Waals surface area contributed by atoms with Crippen LogP contribution in [0, 0.1) is 0 Å². The van der Waals surface area contributed by atoms with E-state index in [0.29, 0.717) is 19.4 Å². The summed E-state index contributed by atoms with van der Waals surface area (Å²) in [5.74, 6) is -0.529. The highest BCUT2D eigenvalue weighted by atomic mass is 35.5. The molecule has 2 heterocycles. The maximum atomic E-state index is 13.1. The molecule has 1 aliphatic heterocycles. The molecule has 2 aromatic carbocycles. The van der Waals surface area contributed by atoms with Crippen molar-refractivity contribution in [1.82, 2.24) is 14.1 Å². The van der Waals surface area contributed by atoms with Gasteiger partial charge in [0.2, 0.25) is 15.9 Å². The van der Waals surface area contributed by atoms with Crippen LogP contribution in [0.4, 0.5) is 4.79 Å². The third-order valence-corrected chi connectivity index (χ3v) is 10.0. The number of rotatable bonds is 13. The van der Waals surface area contributed by atoms with Gasteiger partial charge >= 0.3 is 6.09 Å². The van der Waals surface area contributed by atoms with Gasteiger partial charge in [-0.25, -0.2) is 17.5 Å². The predicted octanol–water partition coefficient (Wildman–Crippen LogP) is 4.55. The van der Waals surface area contributed by atoms with Gasteiger partial charge in [0.05, 0.1) is 4.90 Å². The molecule has 0 spiro atoms. The van der Waals surface area contributed by atoms with Gasteiger partial charge in [0.15, 0.2) is 0 Å². The quantitative estimate of drug-likeness (QED) is 0.295. The van der Waals surface area contributed by atoms with Gasteiger partial charge in [0, 0.05) is 32.7 Å². The molecule has 0 saturated carbocycles. The van der Waals surface area contributed by atoms with E-state index in [1.54, 1.807) is 48.7 Å². The van der Waals surface area contributed by atoms with Crippen LogP contribution >= 0.6 is 23.7 Å². The lowest BCUT2D eigenvalue weighted by Crippen LogP contribution is -2.50. The summed E-state index contributed by atoms with van der Waals surface area (Å²) < 4.78 is 33.2. The van der Waals surface area contributed by atoms with Crippen LogP contribution in [-0.2, 0) is 26.2 Å². The Morgan fingerprint density at radius 3 is 2.29 bits per heavy atom. The first kappa shape index (κ1) is 33.5. The van der Waals surface area contributed by atoms with E-state index < -0.39 is 22.0 Å². The van der Waals surface area contributed by atoms with Crippen LogP contribution in [0.2, 0.25) is 0 Å². The minimum Gasteiger partial charge on any atom is -0.445 e. The summed E-state index contributed by atoms with van der Waals surface area (Å²) in [6.07, 6.45) is 1.64. The highest BCUT2D eigenvalue weighted by Crippen LogP contribution is 2.27. The maximum Gasteiger partial charge on any atom is 0.410 e. The van der Waals surface area contributed by atoms with Gasteiger partial charge in [0.25, 0.3) is 0 Å². The van der Waals surface area contributed by atoms with Gasteiger partial charge in [0.1, 0.15) is 13.2 Å². The summed E-state index contributed by atoms with van der Waals surface area (Å²) in [6.45, 7) is 2.62. The van der Waals surface area contributed by atoms with Crippen molar-refractivity contribution in [1.29, 1.82) is 0 Å². The molecule has 0 radical (unpaired) electrons. The molecule has 1 atom stereocenters. The predicted molar refractivity (Wildman–Crippen MR) is 167 cm³/mol. The second-order valence-corrected chi connectivity index (χ2v) is 13.2. The van der Waals surface area contributed by atoms with E-state index >= 15 is 0 Å². The molecular formula is C30H39ClN4O5S2. The summed E-state index contributed by atoms with van der Waals surface area (Å²) in [5.41, 5.74) is 7.47. The van der Waals surface area contributed by atoms with Crippen LogP contribution in [0.25, 0.3) is 0 Å². The normalized spacial score (nSPS) is 15.1. The number of amides is 2. The van der Waals surface area contributed by atoms with Gasteiger partial charge in [-0.1, -0.05) is 48.5 Å². The molecule has 1 saturated heterocycles. The standard InChI is InChI=1S/C30H38N4O5S2.ClH/c1-32(41(37,38)28-10-6-3-7-11-28)20-25(26-15-19-40-23-26)12-16-33-17-13-27(14-18-33)34(21-29(31)35)30(36)39-22-24-8-4-2-5-9-24;/h2-11,15,19,23,25,27H,12-14,16-18,20-22H2,1H3,(H2,31,35);1H. The molecule has 9 nitrogen and oxygen atoms in total. The summed E-state index contributed by atoms with van der Waals surface area (Å²) in [7, 11) is -1.95. The Balaban J connectivity index is 0.00000484. The lowest BCUT2D eigenvalue weighted by molar-refractivity contribution is -0.119. The summed E-state index contributed by atoms with van der Waals surface area (Å²) in [6, 6.07) is 19.8. The second kappa shape index (κ2) is 16.0. The number of halogens is 1. The van der Waals surface area contributed by atoms with E-state index in [9.17, 15) is 18.0 Å². The average molecular weight is 635 g/mol. The lowest BCUT2D eigenvalue weighted by atomic mass is 9.97. The third-order valence-electron chi connectivity index (χ3n) is 7.50. The van der Waals surface area contributed by atoms with Crippen LogP contribution in [0.5, 0.6) is 0 Å². The smallest absolute Gasteiger partial charge is 0.410 e. The van der Waals surface area contributed by atoms with Crippen LogP contribution in [-0.4, -0.2) is 80.3 Å². The van der Waals surface area contributed by atoms with Crippen molar-refractivity contribution in [2.45, 2.75) is 42.7 Å². The highest BCUT2D eigenvalue weighted by molar-refractivity contribution is 7.89. The van der Waals surface area contributed by atoms with Crippen molar-refractivity contribution >= 4 is 45.8 Å². The molecule has 42 heavy (non-hydrogen) atoms. The molecule has 1 fully saturated rings. The Bertz CT molecular complexity index is 1350. The third kappa shape index (κ3) is 9.27. The Morgan fingerprint density at radius 1 is 1.05 bits per heavy atom. The molecule has 2 N–H and O–H groups in total. The van der Waals surface area contributed by atoms with E-state index in [2.05, 4.69) is 16.3 Å². The van der Waals surface area contributed by atoms with Crippen LogP contribution in [0.15, 0.2) is 82.4 Å². The number of sulfonamides is 1. The largest absolute Gasteiger partial charge is 0.445 e. The Hall–Kier alpha value is -2.96. The van der Waals surface area contributed by atoms with Crippen molar-refractivity contribution in [2.24, 2.45) is 5.73 Å².